The number of hydrogen-bond acceptors (Lipinski definition) is 3. The van der Waals surface area contributed by atoms with Gasteiger partial charge in [0.25, 0.3) is 5.91 Å². The van der Waals surface area contributed by atoms with Crippen molar-refractivity contribution in [1.29, 1.82) is 5.26 Å². The van der Waals surface area contributed by atoms with E-state index < -0.39 is 6.04 Å². The molecule has 0 aliphatic rings. The van der Waals surface area contributed by atoms with Gasteiger partial charge in [-0.2, -0.15) is 5.26 Å². The second kappa shape index (κ2) is 10.4. The summed E-state index contributed by atoms with van der Waals surface area (Å²) in [4.78, 5) is 25.4. The van der Waals surface area contributed by atoms with Crippen molar-refractivity contribution in [3.05, 3.63) is 83.4 Å². The molecule has 0 aliphatic heterocycles. The fourth-order valence-corrected chi connectivity index (χ4v) is 3.34. The summed E-state index contributed by atoms with van der Waals surface area (Å²) in [5.41, 5.74) is 2.30. The van der Waals surface area contributed by atoms with Crippen molar-refractivity contribution >= 4 is 34.2 Å². The summed E-state index contributed by atoms with van der Waals surface area (Å²) in [6, 6.07) is 22.1. The van der Waals surface area contributed by atoms with E-state index in [1.54, 1.807) is 24.3 Å². The molecule has 0 aliphatic carbocycles. The van der Waals surface area contributed by atoms with Crippen LogP contribution in [0.3, 0.4) is 0 Å². The predicted octanol–water partition coefficient (Wildman–Crippen LogP) is 3.95. The van der Waals surface area contributed by atoms with Gasteiger partial charge in [0, 0.05) is 24.4 Å². The quantitative estimate of drug-likeness (QED) is 0.428. The minimum absolute atomic E-state index is 0.211. The Morgan fingerprint density at radius 3 is 2.37 bits per heavy atom. The number of carbonyl (C=O) groups excluding carboxylic acids is 2. The molecule has 1 atom stereocenters. The Morgan fingerprint density at radius 1 is 0.967 bits per heavy atom. The van der Waals surface area contributed by atoms with E-state index in [2.05, 4.69) is 10.6 Å². The molecule has 6 heteroatoms. The molecule has 0 saturated carbocycles. The Morgan fingerprint density at radius 2 is 1.67 bits per heavy atom. The highest BCUT2D eigenvalue weighted by Crippen LogP contribution is 2.17. The molecule has 0 radical (unpaired) electrons. The Balaban J connectivity index is 1.78. The summed E-state index contributed by atoms with van der Waals surface area (Å²) in [5, 5.41) is 16.4. The zero-order valence-electron chi connectivity index (χ0n) is 16.4. The van der Waals surface area contributed by atoms with Crippen LogP contribution >= 0.6 is 11.6 Å². The molecule has 3 aromatic rings. The van der Waals surface area contributed by atoms with Crippen LogP contribution in [0.4, 0.5) is 0 Å². The van der Waals surface area contributed by atoms with Gasteiger partial charge in [-0.1, -0.05) is 54.6 Å². The van der Waals surface area contributed by atoms with Gasteiger partial charge in [-0.3, -0.25) is 9.59 Å². The van der Waals surface area contributed by atoms with Gasteiger partial charge in [-0.05, 0) is 34.0 Å². The maximum Gasteiger partial charge on any atom is 0.251 e. The predicted molar refractivity (Wildman–Crippen MR) is 118 cm³/mol. The Labute approximate surface area is 180 Å². The van der Waals surface area contributed by atoms with Gasteiger partial charge < -0.3 is 10.6 Å². The van der Waals surface area contributed by atoms with Gasteiger partial charge in [0.05, 0.1) is 12.5 Å². The number of nitrogens with zero attached hydrogens (tertiary/aromatic N) is 1. The number of fused-ring (bicyclic) bond motifs is 1. The van der Waals surface area contributed by atoms with Gasteiger partial charge in [0.1, 0.15) is 6.04 Å². The first-order chi connectivity index (χ1) is 14.6. The number of halogens is 1. The summed E-state index contributed by atoms with van der Waals surface area (Å²) >= 11 is 5.80. The first-order valence-corrected chi connectivity index (χ1v) is 10.2. The molecule has 30 heavy (non-hydrogen) atoms. The summed E-state index contributed by atoms with van der Waals surface area (Å²) < 4.78 is 0. The van der Waals surface area contributed by atoms with Crippen molar-refractivity contribution in [2.45, 2.75) is 24.8 Å². The Hall–Kier alpha value is -3.36. The number of rotatable bonds is 8. The molecule has 2 amide bonds. The molecule has 0 fully saturated rings. The summed E-state index contributed by atoms with van der Waals surface area (Å²) in [6.07, 6.45) is 0.553. The third-order valence-electron chi connectivity index (χ3n) is 4.78. The van der Waals surface area contributed by atoms with Crippen LogP contribution in [0.5, 0.6) is 0 Å². The second-order valence-electron chi connectivity index (χ2n) is 6.94. The van der Waals surface area contributed by atoms with Gasteiger partial charge in [0.2, 0.25) is 5.91 Å². The normalized spacial score (nSPS) is 11.5. The van der Waals surface area contributed by atoms with Crippen molar-refractivity contribution in [2.24, 2.45) is 0 Å². The molecular weight excluding hydrogens is 398 g/mol. The molecular formula is C24H22ClN3O2. The first kappa shape index (κ1) is 21.4. The van der Waals surface area contributed by atoms with E-state index in [1.165, 1.54) is 0 Å². The Kier molecular flexibility index (Phi) is 7.42. The number of nitriles is 1. The maximum absolute atomic E-state index is 12.7. The SMILES string of the molecule is N#CCCNC(=O)C(Cc1ccc2ccccc2c1)NC(=O)c1ccc(CCl)cc1. The van der Waals surface area contributed by atoms with Gasteiger partial charge in [-0.15, -0.1) is 11.6 Å². The third-order valence-corrected chi connectivity index (χ3v) is 5.09. The standard InChI is InChI=1S/C24H22ClN3O2/c25-16-17-6-10-20(11-7-17)23(29)28-22(24(30)27-13-3-12-26)15-18-8-9-19-4-1-2-5-21(19)14-18/h1-2,4-11,14,22H,3,13,15-16H2,(H,27,30)(H,28,29). The summed E-state index contributed by atoms with van der Waals surface area (Å²) in [7, 11) is 0. The fraction of sp³-hybridized carbons (Fsp3) is 0.208. The zero-order chi connectivity index (χ0) is 21.3. The molecule has 152 valence electrons. The highest BCUT2D eigenvalue weighted by Gasteiger charge is 2.22. The molecule has 3 aromatic carbocycles. The number of carbonyl (C=O) groups is 2. The number of amides is 2. The van der Waals surface area contributed by atoms with Crippen LogP contribution in [0, 0.1) is 11.3 Å². The van der Waals surface area contributed by atoms with Crippen molar-refractivity contribution in [1.82, 2.24) is 10.6 Å². The fourth-order valence-electron chi connectivity index (χ4n) is 3.16. The lowest BCUT2D eigenvalue weighted by Crippen LogP contribution is -2.48. The van der Waals surface area contributed by atoms with E-state index in [4.69, 9.17) is 16.9 Å². The molecule has 3 rings (SSSR count). The molecule has 0 aromatic heterocycles. The van der Waals surface area contributed by atoms with Crippen LogP contribution in [-0.4, -0.2) is 24.4 Å². The summed E-state index contributed by atoms with van der Waals surface area (Å²) in [6.45, 7) is 0.240. The minimum atomic E-state index is -0.759. The molecule has 1 unspecified atom stereocenters. The van der Waals surface area contributed by atoms with Crippen molar-refractivity contribution in [2.75, 3.05) is 6.54 Å². The van der Waals surface area contributed by atoms with Gasteiger partial charge in [-0.25, -0.2) is 0 Å². The van der Waals surface area contributed by atoms with Crippen LogP contribution in [0.15, 0.2) is 66.7 Å². The number of nitrogens with one attached hydrogen (secondary N) is 2. The van der Waals surface area contributed by atoms with E-state index in [0.29, 0.717) is 17.9 Å². The van der Waals surface area contributed by atoms with Crippen molar-refractivity contribution in [3.8, 4) is 6.07 Å². The molecule has 0 heterocycles. The van der Waals surface area contributed by atoms with Gasteiger partial charge in [0.15, 0.2) is 0 Å². The maximum atomic E-state index is 12.7. The zero-order valence-corrected chi connectivity index (χ0v) is 17.2. The van der Waals surface area contributed by atoms with E-state index in [0.717, 1.165) is 21.9 Å². The lowest BCUT2D eigenvalue weighted by Gasteiger charge is -2.19. The monoisotopic (exact) mass is 419 g/mol. The number of alkyl halides is 1. The van der Waals surface area contributed by atoms with E-state index in [9.17, 15) is 9.59 Å². The molecule has 0 saturated heterocycles. The number of hydrogen-bond donors (Lipinski definition) is 2. The lowest BCUT2D eigenvalue weighted by atomic mass is 10.0. The van der Waals surface area contributed by atoms with Crippen LogP contribution < -0.4 is 10.6 Å². The summed E-state index contributed by atoms with van der Waals surface area (Å²) in [5.74, 6) is -0.283. The van der Waals surface area contributed by atoms with E-state index in [1.807, 2.05) is 48.5 Å². The van der Waals surface area contributed by atoms with Crippen molar-refractivity contribution < 1.29 is 9.59 Å². The average Bonchev–Trinajstić information content (AvgIpc) is 2.78. The minimum Gasteiger partial charge on any atom is -0.353 e. The Bertz CT molecular complexity index is 1070. The molecule has 0 bridgehead atoms. The lowest BCUT2D eigenvalue weighted by molar-refractivity contribution is -0.122. The van der Waals surface area contributed by atoms with Crippen LogP contribution in [0.2, 0.25) is 0 Å². The van der Waals surface area contributed by atoms with Crippen LogP contribution in [-0.2, 0) is 17.1 Å². The van der Waals surface area contributed by atoms with Crippen LogP contribution in [0.1, 0.15) is 27.9 Å². The second-order valence-corrected chi connectivity index (χ2v) is 7.21. The third kappa shape index (κ3) is 5.59. The van der Waals surface area contributed by atoms with E-state index >= 15 is 0 Å². The highest BCUT2D eigenvalue weighted by atomic mass is 35.5. The highest BCUT2D eigenvalue weighted by molar-refractivity contribution is 6.17. The largest absolute Gasteiger partial charge is 0.353 e. The smallest absolute Gasteiger partial charge is 0.251 e. The molecule has 5 nitrogen and oxygen atoms in total. The van der Waals surface area contributed by atoms with Crippen molar-refractivity contribution in [3.63, 3.8) is 0 Å². The number of benzene rings is 3. The van der Waals surface area contributed by atoms with E-state index in [-0.39, 0.29) is 24.8 Å². The van der Waals surface area contributed by atoms with Gasteiger partial charge >= 0.3 is 0 Å². The first-order valence-electron chi connectivity index (χ1n) is 9.69. The average molecular weight is 420 g/mol. The van der Waals surface area contributed by atoms with Crippen LogP contribution in [0.25, 0.3) is 10.8 Å². The molecule has 0 spiro atoms. The topological polar surface area (TPSA) is 82.0 Å². The molecule has 2 N–H and O–H groups in total.